The van der Waals surface area contributed by atoms with E-state index in [2.05, 4.69) is 11.0 Å². The number of ether oxygens (including phenoxy) is 1. The van der Waals surface area contributed by atoms with E-state index in [1.165, 1.54) is 5.57 Å². The van der Waals surface area contributed by atoms with Crippen molar-refractivity contribution in [2.75, 3.05) is 20.2 Å². The molecule has 2 aromatic rings. The van der Waals surface area contributed by atoms with Gasteiger partial charge in [-0.25, -0.2) is 4.68 Å². The average molecular weight is 458 g/mol. The second-order valence-corrected chi connectivity index (χ2v) is 8.45. The van der Waals surface area contributed by atoms with Gasteiger partial charge in [0.1, 0.15) is 10.8 Å². The van der Waals surface area contributed by atoms with E-state index in [0.717, 1.165) is 36.5 Å². The molecule has 0 fully saturated rings. The van der Waals surface area contributed by atoms with Gasteiger partial charge in [-0.3, -0.25) is 14.4 Å². The number of halogens is 2. The van der Waals surface area contributed by atoms with Crippen LogP contribution in [0.1, 0.15) is 23.7 Å². The molecule has 1 aliphatic heterocycles. The molecule has 2 aliphatic rings. The maximum atomic E-state index is 12.9. The van der Waals surface area contributed by atoms with Gasteiger partial charge in [0, 0.05) is 37.3 Å². The first-order valence-corrected chi connectivity index (χ1v) is 11.0. The molecule has 0 saturated heterocycles. The average Bonchev–Trinajstić information content (AvgIpc) is 2.97. The molecule has 1 aliphatic carbocycles. The second kappa shape index (κ2) is 9.35. The fourth-order valence-electron chi connectivity index (χ4n) is 4.09. The van der Waals surface area contributed by atoms with Crippen LogP contribution in [0.5, 0.6) is 5.75 Å². The van der Waals surface area contributed by atoms with Crippen molar-refractivity contribution in [3.05, 3.63) is 92.4 Å². The van der Waals surface area contributed by atoms with Crippen molar-refractivity contribution in [3.8, 4) is 5.75 Å². The molecule has 5 nitrogen and oxygen atoms in total. The molecular weight excluding hydrogens is 433 g/mol. The van der Waals surface area contributed by atoms with Crippen molar-refractivity contribution >= 4 is 28.8 Å². The fourth-order valence-corrected chi connectivity index (χ4v) is 4.53. The van der Waals surface area contributed by atoms with Crippen LogP contribution in [0.2, 0.25) is 10.0 Å². The van der Waals surface area contributed by atoms with Crippen LogP contribution in [0.3, 0.4) is 0 Å². The molecule has 0 saturated carbocycles. The van der Waals surface area contributed by atoms with Crippen molar-refractivity contribution in [2.24, 2.45) is 7.05 Å². The summed E-state index contributed by atoms with van der Waals surface area (Å²) in [4.78, 5) is 15.2. The van der Waals surface area contributed by atoms with E-state index in [0.29, 0.717) is 11.6 Å². The highest BCUT2D eigenvalue weighted by molar-refractivity contribution is 6.31. The molecule has 0 bridgehead atoms. The van der Waals surface area contributed by atoms with E-state index in [1.54, 1.807) is 11.8 Å². The second-order valence-electron chi connectivity index (χ2n) is 7.64. The number of methoxy groups -OCH3 is 1. The first-order valence-electron chi connectivity index (χ1n) is 10.2. The Morgan fingerprint density at radius 2 is 1.87 bits per heavy atom. The summed E-state index contributed by atoms with van der Waals surface area (Å²) in [6.45, 7) is 2.21. The minimum absolute atomic E-state index is 0.165. The number of hydrogen-bond acceptors (Lipinski definition) is 3. The summed E-state index contributed by atoms with van der Waals surface area (Å²) in [6.07, 6.45) is 14.8. The van der Waals surface area contributed by atoms with Crippen LogP contribution in [-0.2, 0) is 13.6 Å². The molecule has 31 heavy (non-hydrogen) atoms. The molecule has 0 N–H and O–H groups in total. The Bertz CT molecular complexity index is 1140. The number of allylic oxidation sites excluding steroid dienone is 6. The zero-order chi connectivity index (χ0) is 22.0. The maximum absolute atomic E-state index is 12.9. The topological polar surface area (TPSA) is 39.4 Å². The number of aromatic nitrogens is 2. The van der Waals surface area contributed by atoms with E-state index < -0.39 is 0 Å². The van der Waals surface area contributed by atoms with Crippen molar-refractivity contribution in [2.45, 2.75) is 19.0 Å². The number of rotatable bonds is 5. The van der Waals surface area contributed by atoms with Crippen LogP contribution in [-0.4, -0.2) is 34.5 Å². The van der Waals surface area contributed by atoms with Gasteiger partial charge in [-0.2, -0.15) is 0 Å². The summed E-state index contributed by atoms with van der Waals surface area (Å²) in [5, 5.41) is 0.979. The van der Waals surface area contributed by atoms with Crippen LogP contribution >= 0.6 is 23.2 Å². The third-order valence-electron chi connectivity index (χ3n) is 5.77. The summed E-state index contributed by atoms with van der Waals surface area (Å²) in [6, 6.07) is 5.52. The minimum Gasteiger partial charge on any atom is -0.496 e. The van der Waals surface area contributed by atoms with Gasteiger partial charge < -0.3 is 4.74 Å². The Kier molecular flexibility index (Phi) is 6.56. The molecule has 0 spiro atoms. The van der Waals surface area contributed by atoms with Crippen LogP contribution in [0.4, 0.5) is 0 Å². The highest BCUT2D eigenvalue weighted by atomic mass is 35.5. The minimum atomic E-state index is -0.169. The van der Waals surface area contributed by atoms with Crippen molar-refractivity contribution in [3.63, 3.8) is 0 Å². The first-order chi connectivity index (χ1) is 15.0. The van der Waals surface area contributed by atoms with E-state index in [-0.39, 0.29) is 16.6 Å². The predicted molar refractivity (Wildman–Crippen MR) is 127 cm³/mol. The van der Waals surface area contributed by atoms with Gasteiger partial charge in [-0.1, -0.05) is 65.7 Å². The molecule has 2 heterocycles. The third kappa shape index (κ3) is 4.45. The van der Waals surface area contributed by atoms with E-state index >= 15 is 0 Å². The van der Waals surface area contributed by atoms with E-state index in [1.807, 2.05) is 66.4 Å². The lowest BCUT2D eigenvalue weighted by Crippen LogP contribution is -2.30. The first kappa shape index (κ1) is 21.8. The van der Waals surface area contributed by atoms with Crippen LogP contribution < -0.4 is 10.3 Å². The van der Waals surface area contributed by atoms with Gasteiger partial charge in [-0.15, -0.1) is 0 Å². The van der Waals surface area contributed by atoms with Gasteiger partial charge >= 0.3 is 0 Å². The summed E-state index contributed by atoms with van der Waals surface area (Å²) in [5.41, 5.74) is 2.90. The van der Waals surface area contributed by atoms with Crippen molar-refractivity contribution in [1.29, 1.82) is 0 Å². The largest absolute Gasteiger partial charge is 0.496 e. The van der Waals surface area contributed by atoms with Gasteiger partial charge in [0.25, 0.3) is 5.56 Å². The highest BCUT2D eigenvalue weighted by Crippen LogP contribution is 2.33. The number of hydrogen-bond donors (Lipinski definition) is 0. The number of nitrogens with zero attached hydrogens (tertiary/aromatic N) is 3. The lowest BCUT2D eigenvalue weighted by atomic mass is 9.98. The predicted octanol–water partition coefficient (Wildman–Crippen LogP) is 5.01. The normalized spacial score (nSPS) is 17.1. The van der Waals surface area contributed by atoms with Crippen molar-refractivity contribution < 1.29 is 4.74 Å². The Balaban J connectivity index is 1.55. The monoisotopic (exact) mass is 457 g/mol. The SMILES string of the molecule is COc1ccc(Cl)cc1C1=CCN(Cc2c(Cl)c(=O)n(C3C=CC=CC=C3)n2C)CC1. The summed E-state index contributed by atoms with van der Waals surface area (Å²) in [7, 11) is 3.56. The van der Waals surface area contributed by atoms with Gasteiger partial charge in [0.05, 0.1) is 18.8 Å². The molecule has 0 amide bonds. The summed E-state index contributed by atoms with van der Waals surface area (Å²) >= 11 is 12.7. The molecule has 1 aromatic heterocycles. The molecule has 4 rings (SSSR count). The quantitative estimate of drug-likeness (QED) is 0.632. The molecule has 1 aromatic carbocycles. The van der Waals surface area contributed by atoms with Gasteiger partial charge in [-0.05, 0) is 30.2 Å². The molecule has 0 unspecified atom stereocenters. The lowest BCUT2D eigenvalue weighted by molar-refractivity contribution is 0.282. The molecule has 0 radical (unpaired) electrons. The van der Waals surface area contributed by atoms with E-state index in [4.69, 9.17) is 27.9 Å². The molecule has 162 valence electrons. The Morgan fingerprint density at radius 1 is 1.13 bits per heavy atom. The highest BCUT2D eigenvalue weighted by Gasteiger charge is 2.23. The maximum Gasteiger partial charge on any atom is 0.286 e. The van der Waals surface area contributed by atoms with E-state index in [9.17, 15) is 4.79 Å². The lowest BCUT2D eigenvalue weighted by Gasteiger charge is -2.27. The Labute approximate surface area is 192 Å². The molecular formula is C24H25Cl2N3O2. The van der Waals surface area contributed by atoms with Crippen LogP contribution in [0.15, 0.2) is 65.5 Å². The smallest absolute Gasteiger partial charge is 0.286 e. The summed E-state index contributed by atoms with van der Waals surface area (Å²) in [5.74, 6) is 0.825. The standard InChI is InChI=1S/C24H25Cl2N3O2/c1-27-21(23(26)24(30)29(27)19-7-5-3-4-6-8-19)16-28-13-11-17(12-14-28)20-15-18(25)9-10-22(20)31-2/h3-11,15,19H,12-14,16H2,1-2H3. The van der Waals surface area contributed by atoms with Crippen LogP contribution in [0.25, 0.3) is 5.57 Å². The fraction of sp³-hybridized carbons (Fsp3) is 0.292. The Morgan fingerprint density at radius 3 is 2.52 bits per heavy atom. The zero-order valence-corrected chi connectivity index (χ0v) is 19.1. The third-order valence-corrected chi connectivity index (χ3v) is 6.38. The molecule has 7 heteroatoms. The van der Waals surface area contributed by atoms with Crippen LogP contribution in [0, 0.1) is 0 Å². The summed E-state index contributed by atoms with van der Waals surface area (Å²) < 4.78 is 9.08. The zero-order valence-electron chi connectivity index (χ0n) is 17.6. The van der Waals surface area contributed by atoms with Gasteiger partial charge in [0.2, 0.25) is 0 Å². The Hall–Kier alpha value is -2.47. The number of benzene rings is 1. The van der Waals surface area contributed by atoms with Crippen molar-refractivity contribution in [1.82, 2.24) is 14.3 Å². The van der Waals surface area contributed by atoms with Gasteiger partial charge in [0.15, 0.2) is 0 Å². The molecule has 0 atom stereocenters.